The van der Waals surface area contributed by atoms with Gasteiger partial charge in [-0.05, 0) is 38.3 Å². The summed E-state index contributed by atoms with van der Waals surface area (Å²) in [5.74, 6) is 0. The van der Waals surface area contributed by atoms with E-state index >= 15 is 0 Å². The fraction of sp³-hybridized carbons (Fsp3) is 0.500. The number of aliphatic hydroxyl groups excluding tert-OH is 1. The van der Waals surface area contributed by atoms with Crippen LogP contribution in [0, 0.1) is 6.92 Å². The van der Waals surface area contributed by atoms with E-state index in [-0.39, 0.29) is 0 Å². The number of hydrogen-bond acceptors (Lipinski definition) is 3. The van der Waals surface area contributed by atoms with Gasteiger partial charge in [0.1, 0.15) is 0 Å². The molecule has 0 unspecified atom stereocenters. The van der Waals surface area contributed by atoms with Gasteiger partial charge in [-0.25, -0.2) is 8.42 Å². The van der Waals surface area contributed by atoms with Crippen LogP contribution in [0.4, 0.5) is 0 Å². The molecule has 3 nitrogen and oxygen atoms in total. The van der Waals surface area contributed by atoms with Crippen molar-refractivity contribution in [2.45, 2.75) is 42.4 Å². The van der Waals surface area contributed by atoms with Gasteiger partial charge in [0.25, 0.3) is 0 Å². The SMILES string of the molecule is Cc1ccc(S(=O)(=O)[C@@H]2CC[C@H](O)C2)cc1. The molecule has 1 fully saturated rings. The highest BCUT2D eigenvalue weighted by Gasteiger charge is 2.34. The van der Waals surface area contributed by atoms with E-state index < -0.39 is 21.2 Å². The molecular formula is C12H16O3S. The Morgan fingerprint density at radius 2 is 1.81 bits per heavy atom. The molecule has 0 aromatic heterocycles. The van der Waals surface area contributed by atoms with Gasteiger partial charge in [-0.2, -0.15) is 0 Å². The Labute approximate surface area is 96.0 Å². The molecule has 0 heterocycles. The Bertz CT molecular complexity index is 462. The van der Waals surface area contributed by atoms with Crippen molar-refractivity contribution in [1.82, 2.24) is 0 Å². The van der Waals surface area contributed by atoms with E-state index in [1.165, 1.54) is 0 Å². The lowest BCUT2D eigenvalue weighted by Crippen LogP contribution is -2.19. The third-order valence-electron chi connectivity index (χ3n) is 3.15. The van der Waals surface area contributed by atoms with Crippen LogP contribution < -0.4 is 0 Å². The molecule has 16 heavy (non-hydrogen) atoms. The predicted molar refractivity (Wildman–Crippen MR) is 62.0 cm³/mol. The summed E-state index contributed by atoms with van der Waals surface area (Å²) < 4.78 is 24.4. The summed E-state index contributed by atoms with van der Waals surface area (Å²) in [7, 11) is -3.25. The van der Waals surface area contributed by atoms with Crippen molar-refractivity contribution < 1.29 is 13.5 Å². The van der Waals surface area contributed by atoms with Crippen LogP contribution >= 0.6 is 0 Å². The van der Waals surface area contributed by atoms with Crippen LogP contribution in [0.2, 0.25) is 0 Å². The van der Waals surface area contributed by atoms with E-state index in [2.05, 4.69) is 0 Å². The minimum atomic E-state index is -3.25. The summed E-state index contributed by atoms with van der Waals surface area (Å²) in [6, 6.07) is 6.90. The van der Waals surface area contributed by atoms with E-state index in [1.807, 2.05) is 6.92 Å². The summed E-state index contributed by atoms with van der Waals surface area (Å²) in [4.78, 5) is 0.372. The molecule has 88 valence electrons. The highest BCUT2D eigenvalue weighted by molar-refractivity contribution is 7.92. The lowest BCUT2D eigenvalue weighted by molar-refractivity contribution is 0.183. The molecule has 0 radical (unpaired) electrons. The molecule has 1 aromatic rings. The van der Waals surface area contributed by atoms with Crippen LogP contribution in [0.15, 0.2) is 29.2 Å². The van der Waals surface area contributed by atoms with Gasteiger partial charge in [-0.15, -0.1) is 0 Å². The topological polar surface area (TPSA) is 54.4 Å². The third kappa shape index (κ3) is 2.13. The number of benzene rings is 1. The highest BCUT2D eigenvalue weighted by atomic mass is 32.2. The summed E-state index contributed by atoms with van der Waals surface area (Å²) in [6.45, 7) is 1.93. The van der Waals surface area contributed by atoms with Gasteiger partial charge in [0.2, 0.25) is 0 Å². The number of hydrogen-bond donors (Lipinski definition) is 1. The molecule has 1 aliphatic carbocycles. The lowest BCUT2D eigenvalue weighted by atomic mass is 10.2. The van der Waals surface area contributed by atoms with Gasteiger partial charge in [0.05, 0.1) is 16.2 Å². The van der Waals surface area contributed by atoms with Crippen molar-refractivity contribution in [3.05, 3.63) is 29.8 Å². The van der Waals surface area contributed by atoms with Crippen LogP contribution in [0.1, 0.15) is 24.8 Å². The van der Waals surface area contributed by atoms with Crippen LogP contribution in [0.5, 0.6) is 0 Å². The summed E-state index contributed by atoms with van der Waals surface area (Å²) in [6.07, 6.45) is 1.08. The molecule has 1 N–H and O–H groups in total. The Morgan fingerprint density at radius 1 is 1.19 bits per heavy atom. The minimum absolute atomic E-state index is 0.371. The molecule has 2 rings (SSSR count). The smallest absolute Gasteiger partial charge is 0.181 e. The molecule has 1 saturated carbocycles. The van der Waals surface area contributed by atoms with Crippen LogP contribution in [0.25, 0.3) is 0 Å². The zero-order chi connectivity index (χ0) is 11.8. The maximum Gasteiger partial charge on any atom is 0.181 e. The first-order valence-electron chi connectivity index (χ1n) is 5.49. The zero-order valence-corrected chi connectivity index (χ0v) is 10.1. The largest absolute Gasteiger partial charge is 0.393 e. The van der Waals surface area contributed by atoms with Crippen molar-refractivity contribution in [2.75, 3.05) is 0 Å². The standard InChI is InChI=1S/C12H16O3S/c1-9-2-5-11(6-3-9)16(14,15)12-7-4-10(13)8-12/h2-3,5-6,10,12-13H,4,7-8H2,1H3/t10-,12+/m0/s1. The highest BCUT2D eigenvalue weighted by Crippen LogP contribution is 2.29. The molecular weight excluding hydrogens is 224 g/mol. The first kappa shape index (κ1) is 11.6. The summed E-state index contributed by atoms with van der Waals surface area (Å²) >= 11 is 0. The van der Waals surface area contributed by atoms with Gasteiger partial charge in [0.15, 0.2) is 9.84 Å². The first-order valence-corrected chi connectivity index (χ1v) is 7.03. The fourth-order valence-corrected chi connectivity index (χ4v) is 3.94. The second-order valence-electron chi connectivity index (χ2n) is 4.45. The van der Waals surface area contributed by atoms with Crippen molar-refractivity contribution >= 4 is 9.84 Å². The maximum absolute atomic E-state index is 12.2. The molecule has 0 saturated heterocycles. The van der Waals surface area contributed by atoms with Gasteiger partial charge < -0.3 is 5.11 Å². The van der Waals surface area contributed by atoms with Crippen LogP contribution in [-0.2, 0) is 9.84 Å². The number of aryl methyl sites for hydroxylation is 1. The quantitative estimate of drug-likeness (QED) is 0.855. The summed E-state index contributed by atoms with van der Waals surface area (Å²) in [5.41, 5.74) is 1.05. The molecule has 1 aliphatic rings. The maximum atomic E-state index is 12.2. The van der Waals surface area contributed by atoms with Crippen LogP contribution in [0.3, 0.4) is 0 Å². The predicted octanol–water partition coefficient (Wildman–Crippen LogP) is 1.68. The normalized spacial score (nSPS) is 25.9. The van der Waals surface area contributed by atoms with Crippen molar-refractivity contribution in [3.63, 3.8) is 0 Å². The number of sulfone groups is 1. The monoisotopic (exact) mass is 240 g/mol. The lowest BCUT2D eigenvalue weighted by Gasteiger charge is -2.11. The van der Waals surface area contributed by atoms with E-state index in [1.54, 1.807) is 24.3 Å². The number of aliphatic hydroxyl groups is 1. The van der Waals surface area contributed by atoms with Crippen molar-refractivity contribution in [1.29, 1.82) is 0 Å². The molecule has 0 bridgehead atoms. The van der Waals surface area contributed by atoms with E-state index in [0.29, 0.717) is 24.2 Å². The third-order valence-corrected chi connectivity index (χ3v) is 5.38. The average molecular weight is 240 g/mol. The zero-order valence-electron chi connectivity index (χ0n) is 9.26. The molecule has 0 aliphatic heterocycles. The summed E-state index contributed by atoms with van der Waals surface area (Å²) in [5, 5.41) is 8.98. The molecule has 2 atom stereocenters. The van der Waals surface area contributed by atoms with Gasteiger partial charge in [0, 0.05) is 0 Å². The van der Waals surface area contributed by atoms with E-state index in [4.69, 9.17) is 0 Å². The minimum Gasteiger partial charge on any atom is -0.393 e. The van der Waals surface area contributed by atoms with Crippen molar-refractivity contribution in [3.8, 4) is 0 Å². The Hall–Kier alpha value is -0.870. The Balaban J connectivity index is 2.29. The van der Waals surface area contributed by atoms with Crippen LogP contribution in [-0.4, -0.2) is 24.9 Å². The van der Waals surface area contributed by atoms with E-state index in [0.717, 1.165) is 5.56 Å². The van der Waals surface area contributed by atoms with Gasteiger partial charge in [-0.1, -0.05) is 17.7 Å². The van der Waals surface area contributed by atoms with Gasteiger partial charge in [-0.3, -0.25) is 0 Å². The molecule has 0 spiro atoms. The Kier molecular flexibility index (Phi) is 3.04. The van der Waals surface area contributed by atoms with E-state index in [9.17, 15) is 13.5 Å². The first-order chi connectivity index (χ1) is 7.50. The molecule has 0 amide bonds. The average Bonchev–Trinajstić information content (AvgIpc) is 2.66. The second kappa shape index (κ2) is 4.18. The number of rotatable bonds is 2. The van der Waals surface area contributed by atoms with Gasteiger partial charge >= 0.3 is 0 Å². The molecule has 1 aromatic carbocycles. The Morgan fingerprint density at radius 3 is 2.31 bits per heavy atom. The fourth-order valence-electron chi connectivity index (χ4n) is 2.12. The van der Waals surface area contributed by atoms with Crippen molar-refractivity contribution in [2.24, 2.45) is 0 Å². The molecule has 4 heteroatoms. The second-order valence-corrected chi connectivity index (χ2v) is 6.68.